The molecule has 1 aromatic carbocycles. The Labute approximate surface area is 156 Å². The zero-order valence-electron chi connectivity index (χ0n) is 14.1. The second-order valence-electron chi connectivity index (χ2n) is 6.30. The number of carbonyl (C=O) groups is 1. The third-order valence-corrected chi connectivity index (χ3v) is 4.95. The summed E-state index contributed by atoms with van der Waals surface area (Å²) in [6.07, 6.45) is 5.69. The standard InChI is InChI=1S/C20H18ClN3O2/c21-16-7-2-1-6-14(16)12-15-13-23-19(26-15)18-9-5-11-24(18)20(25)17-8-3-4-10-22-17/h1-4,6-8,10,13,18H,5,9,11-12H2/t18-/m0/s1. The van der Waals surface area contributed by atoms with Crippen LogP contribution in [0.3, 0.4) is 0 Å². The first-order valence-electron chi connectivity index (χ1n) is 8.62. The molecule has 6 heteroatoms. The topological polar surface area (TPSA) is 59.2 Å². The third-order valence-electron chi connectivity index (χ3n) is 4.58. The molecule has 26 heavy (non-hydrogen) atoms. The van der Waals surface area contributed by atoms with E-state index >= 15 is 0 Å². The molecule has 4 rings (SSSR count). The van der Waals surface area contributed by atoms with E-state index in [1.807, 2.05) is 30.3 Å². The number of pyridine rings is 1. The van der Waals surface area contributed by atoms with Crippen molar-refractivity contribution in [3.63, 3.8) is 0 Å². The van der Waals surface area contributed by atoms with Crippen molar-refractivity contribution in [3.05, 3.63) is 82.8 Å². The van der Waals surface area contributed by atoms with Crippen LogP contribution < -0.4 is 0 Å². The van der Waals surface area contributed by atoms with E-state index in [1.54, 1.807) is 29.4 Å². The van der Waals surface area contributed by atoms with Crippen molar-refractivity contribution in [2.75, 3.05) is 6.54 Å². The molecule has 1 fully saturated rings. The molecular formula is C20H18ClN3O2. The zero-order chi connectivity index (χ0) is 17.9. The first-order chi connectivity index (χ1) is 12.7. The molecule has 0 aliphatic carbocycles. The van der Waals surface area contributed by atoms with E-state index in [-0.39, 0.29) is 11.9 Å². The lowest BCUT2D eigenvalue weighted by Gasteiger charge is -2.21. The molecule has 132 valence electrons. The van der Waals surface area contributed by atoms with Gasteiger partial charge in [0.2, 0.25) is 5.89 Å². The minimum Gasteiger partial charge on any atom is -0.443 e. The number of halogens is 1. The van der Waals surface area contributed by atoms with Gasteiger partial charge < -0.3 is 9.32 Å². The lowest BCUT2D eigenvalue weighted by molar-refractivity contribution is 0.0708. The van der Waals surface area contributed by atoms with Crippen molar-refractivity contribution in [2.24, 2.45) is 0 Å². The van der Waals surface area contributed by atoms with Gasteiger partial charge in [-0.2, -0.15) is 0 Å². The highest BCUT2D eigenvalue weighted by molar-refractivity contribution is 6.31. The van der Waals surface area contributed by atoms with Crippen LogP contribution in [0.15, 0.2) is 59.3 Å². The molecule has 0 bridgehead atoms. The number of oxazole rings is 1. The summed E-state index contributed by atoms with van der Waals surface area (Å²) in [6, 6.07) is 12.9. The second-order valence-corrected chi connectivity index (χ2v) is 6.71. The molecule has 3 heterocycles. The van der Waals surface area contributed by atoms with Crippen LogP contribution in [-0.4, -0.2) is 27.3 Å². The van der Waals surface area contributed by atoms with Gasteiger partial charge in [0.25, 0.3) is 5.91 Å². The maximum atomic E-state index is 12.7. The number of rotatable bonds is 4. The molecular weight excluding hydrogens is 350 g/mol. The van der Waals surface area contributed by atoms with Crippen LogP contribution in [-0.2, 0) is 6.42 Å². The van der Waals surface area contributed by atoms with Gasteiger partial charge >= 0.3 is 0 Å². The van der Waals surface area contributed by atoms with Crippen molar-refractivity contribution >= 4 is 17.5 Å². The van der Waals surface area contributed by atoms with Crippen LogP contribution >= 0.6 is 11.6 Å². The Morgan fingerprint density at radius 1 is 1.19 bits per heavy atom. The number of amides is 1. The highest BCUT2D eigenvalue weighted by atomic mass is 35.5. The zero-order valence-corrected chi connectivity index (χ0v) is 14.9. The number of hydrogen-bond acceptors (Lipinski definition) is 4. The Morgan fingerprint density at radius 3 is 2.85 bits per heavy atom. The number of hydrogen-bond donors (Lipinski definition) is 0. The molecule has 5 nitrogen and oxygen atoms in total. The Morgan fingerprint density at radius 2 is 2.04 bits per heavy atom. The van der Waals surface area contributed by atoms with Crippen LogP contribution in [0.4, 0.5) is 0 Å². The van der Waals surface area contributed by atoms with E-state index < -0.39 is 0 Å². The summed E-state index contributed by atoms with van der Waals surface area (Å²) in [5.74, 6) is 1.23. The van der Waals surface area contributed by atoms with Crippen molar-refractivity contribution in [1.82, 2.24) is 14.9 Å². The molecule has 3 aromatic rings. The number of aromatic nitrogens is 2. The Kier molecular flexibility index (Phi) is 4.71. The van der Waals surface area contributed by atoms with Gasteiger partial charge in [0.15, 0.2) is 0 Å². The molecule has 1 amide bonds. The Balaban J connectivity index is 1.53. The van der Waals surface area contributed by atoms with Gasteiger partial charge in [0, 0.05) is 24.2 Å². The van der Waals surface area contributed by atoms with Crippen LogP contribution in [0, 0.1) is 0 Å². The summed E-state index contributed by atoms with van der Waals surface area (Å²) >= 11 is 6.22. The molecule has 0 unspecified atom stereocenters. The maximum absolute atomic E-state index is 12.7. The summed E-state index contributed by atoms with van der Waals surface area (Å²) in [5, 5.41) is 0.707. The smallest absolute Gasteiger partial charge is 0.273 e. The van der Waals surface area contributed by atoms with Gasteiger partial charge in [-0.1, -0.05) is 35.9 Å². The number of benzene rings is 1. The molecule has 0 radical (unpaired) electrons. The average molecular weight is 368 g/mol. The fourth-order valence-corrected chi connectivity index (χ4v) is 3.49. The highest BCUT2D eigenvalue weighted by Gasteiger charge is 2.34. The van der Waals surface area contributed by atoms with E-state index in [1.165, 1.54) is 0 Å². The van der Waals surface area contributed by atoms with Gasteiger partial charge in [0.1, 0.15) is 17.5 Å². The summed E-state index contributed by atoms with van der Waals surface area (Å²) in [7, 11) is 0. The molecule has 0 saturated carbocycles. The number of likely N-dealkylation sites (tertiary alicyclic amines) is 1. The predicted molar refractivity (Wildman–Crippen MR) is 98.0 cm³/mol. The summed E-state index contributed by atoms with van der Waals surface area (Å²) < 4.78 is 5.96. The Hall–Kier alpha value is -2.66. The lowest BCUT2D eigenvalue weighted by atomic mass is 10.1. The lowest BCUT2D eigenvalue weighted by Crippen LogP contribution is -2.31. The quantitative estimate of drug-likeness (QED) is 0.690. The third kappa shape index (κ3) is 3.35. The van der Waals surface area contributed by atoms with Gasteiger partial charge in [-0.05, 0) is 36.6 Å². The van der Waals surface area contributed by atoms with E-state index in [2.05, 4.69) is 9.97 Å². The first kappa shape index (κ1) is 16.8. The monoisotopic (exact) mass is 367 g/mol. The van der Waals surface area contributed by atoms with Crippen molar-refractivity contribution < 1.29 is 9.21 Å². The van der Waals surface area contributed by atoms with Gasteiger partial charge in [-0.25, -0.2) is 4.98 Å². The molecule has 2 aromatic heterocycles. The minimum absolute atomic E-state index is 0.0843. The fraction of sp³-hybridized carbons (Fsp3) is 0.250. The van der Waals surface area contributed by atoms with Gasteiger partial charge in [0.05, 0.1) is 6.20 Å². The first-order valence-corrected chi connectivity index (χ1v) is 9.00. The molecule has 1 saturated heterocycles. The predicted octanol–water partition coefficient (Wildman–Crippen LogP) is 4.29. The Bertz CT molecular complexity index is 910. The second kappa shape index (κ2) is 7.30. The van der Waals surface area contributed by atoms with Crippen LogP contribution in [0.5, 0.6) is 0 Å². The van der Waals surface area contributed by atoms with E-state index in [0.29, 0.717) is 29.6 Å². The molecule has 1 aliphatic heterocycles. The van der Waals surface area contributed by atoms with E-state index in [9.17, 15) is 4.79 Å². The van der Waals surface area contributed by atoms with Crippen LogP contribution in [0.1, 0.15) is 46.6 Å². The number of nitrogens with zero attached hydrogens (tertiary/aromatic N) is 3. The molecule has 0 spiro atoms. The normalized spacial score (nSPS) is 16.8. The van der Waals surface area contributed by atoms with E-state index in [0.717, 1.165) is 24.2 Å². The summed E-state index contributed by atoms with van der Waals surface area (Å²) in [5.41, 5.74) is 1.44. The van der Waals surface area contributed by atoms with Crippen molar-refractivity contribution in [1.29, 1.82) is 0 Å². The molecule has 1 atom stereocenters. The van der Waals surface area contributed by atoms with Crippen LogP contribution in [0.25, 0.3) is 0 Å². The minimum atomic E-state index is -0.149. The molecule has 1 aliphatic rings. The van der Waals surface area contributed by atoms with Crippen molar-refractivity contribution in [3.8, 4) is 0 Å². The van der Waals surface area contributed by atoms with E-state index in [4.69, 9.17) is 16.0 Å². The summed E-state index contributed by atoms with van der Waals surface area (Å²) in [4.78, 5) is 23.1. The average Bonchev–Trinajstić information content (AvgIpc) is 3.33. The molecule has 0 N–H and O–H groups in total. The van der Waals surface area contributed by atoms with Gasteiger partial charge in [-0.3, -0.25) is 9.78 Å². The number of carbonyl (C=O) groups excluding carboxylic acids is 1. The summed E-state index contributed by atoms with van der Waals surface area (Å²) in [6.45, 7) is 0.683. The fourth-order valence-electron chi connectivity index (χ4n) is 3.29. The van der Waals surface area contributed by atoms with Crippen LogP contribution in [0.2, 0.25) is 5.02 Å². The SMILES string of the molecule is O=C(c1ccccn1)N1CCC[C@H]1c1ncc(Cc2ccccc2Cl)o1. The highest BCUT2D eigenvalue weighted by Crippen LogP contribution is 2.33. The largest absolute Gasteiger partial charge is 0.443 e. The van der Waals surface area contributed by atoms with Crippen molar-refractivity contribution in [2.45, 2.75) is 25.3 Å². The maximum Gasteiger partial charge on any atom is 0.273 e. The van der Waals surface area contributed by atoms with Gasteiger partial charge in [-0.15, -0.1) is 0 Å².